The Bertz CT molecular complexity index is 782. The van der Waals surface area contributed by atoms with Gasteiger partial charge in [-0.3, -0.25) is 0 Å². The largest absolute Gasteiger partial charge is 0.378 e. The summed E-state index contributed by atoms with van der Waals surface area (Å²) in [6.07, 6.45) is 0. The summed E-state index contributed by atoms with van der Waals surface area (Å²) in [5, 5.41) is 2.81. The van der Waals surface area contributed by atoms with Gasteiger partial charge in [0, 0.05) is 17.8 Å². The van der Waals surface area contributed by atoms with Crippen molar-refractivity contribution in [3.8, 4) is 0 Å². The van der Waals surface area contributed by atoms with Gasteiger partial charge < -0.3 is 10.1 Å². The van der Waals surface area contributed by atoms with Gasteiger partial charge in [0.2, 0.25) is 0 Å². The second-order valence-electron chi connectivity index (χ2n) is 8.25. The number of anilines is 1. The van der Waals surface area contributed by atoms with E-state index in [4.69, 9.17) is 4.74 Å². The summed E-state index contributed by atoms with van der Waals surface area (Å²) in [6.45, 7) is 14.4. The zero-order chi connectivity index (χ0) is 21.2. The lowest BCUT2D eigenvalue weighted by Crippen LogP contribution is -2.57. The number of aryl methyl sites for hydroxylation is 1. The fourth-order valence-corrected chi connectivity index (χ4v) is 5.13. The molecule has 1 fully saturated rings. The van der Waals surface area contributed by atoms with Gasteiger partial charge in [0.05, 0.1) is 13.2 Å². The fourth-order valence-electron chi connectivity index (χ4n) is 3.67. The van der Waals surface area contributed by atoms with Crippen LogP contribution in [0, 0.1) is 6.92 Å². The molecule has 7 nitrogen and oxygen atoms in total. The molecule has 2 atom stereocenters. The highest BCUT2D eigenvalue weighted by Gasteiger charge is 2.36. The number of amides is 2. The Morgan fingerprint density at radius 2 is 1.54 bits per heavy atom. The number of morpholine rings is 1. The van der Waals surface area contributed by atoms with E-state index in [1.54, 1.807) is 13.8 Å². The second kappa shape index (κ2) is 8.80. The smallest absolute Gasteiger partial charge is 0.333 e. The van der Waals surface area contributed by atoms with Crippen molar-refractivity contribution in [2.24, 2.45) is 0 Å². The van der Waals surface area contributed by atoms with Gasteiger partial charge in [-0.2, -0.15) is 12.7 Å². The molecular weight excluding hydrogens is 378 g/mol. The monoisotopic (exact) mass is 411 g/mol. The molecule has 2 N–H and O–H groups in total. The first-order valence-electron chi connectivity index (χ1n) is 9.78. The average Bonchev–Trinajstić information content (AvgIpc) is 2.54. The SMILES string of the molecule is Cc1cc(C(C)C)c(NC(=O)NS(=O)(=O)N2C(C)COCC2C)c(C(C)C)c1. The van der Waals surface area contributed by atoms with Crippen LogP contribution in [-0.4, -0.2) is 44.1 Å². The number of rotatable bonds is 5. The summed E-state index contributed by atoms with van der Waals surface area (Å²) in [7, 11) is -3.98. The lowest BCUT2D eigenvalue weighted by atomic mass is 9.90. The average molecular weight is 412 g/mol. The second-order valence-corrected chi connectivity index (χ2v) is 9.83. The lowest BCUT2D eigenvalue weighted by Gasteiger charge is -2.37. The van der Waals surface area contributed by atoms with Gasteiger partial charge in [-0.15, -0.1) is 0 Å². The predicted octanol–water partition coefficient (Wildman–Crippen LogP) is 3.72. The summed E-state index contributed by atoms with van der Waals surface area (Å²) in [6, 6.07) is 2.63. The van der Waals surface area contributed by atoms with Crippen LogP contribution in [0.1, 0.15) is 70.1 Å². The summed E-state index contributed by atoms with van der Waals surface area (Å²) >= 11 is 0. The topological polar surface area (TPSA) is 87.7 Å². The summed E-state index contributed by atoms with van der Waals surface area (Å²) in [4.78, 5) is 12.7. The van der Waals surface area contributed by atoms with E-state index < -0.39 is 16.2 Å². The van der Waals surface area contributed by atoms with Crippen molar-refractivity contribution < 1.29 is 17.9 Å². The Labute approximate surface area is 169 Å². The van der Waals surface area contributed by atoms with E-state index in [0.29, 0.717) is 18.9 Å². The number of hydrogen-bond acceptors (Lipinski definition) is 4. The number of ether oxygens (including phenoxy) is 1. The number of carbonyl (C=O) groups is 1. The molecule has 2 amide bonds. The highest BCUT2D eigenvalue weighted by molar-refractivity contribution is 7.87. The molecule has 1 aliphatic heterocycles. The minimum Gasteiger partial charge on any atom is -0.378 e. The molecule has 158 valence electrons. The minimum absolute atomic E-state index is 0.184. The zero-order valence-corrected chi connectivity index (χ0v) is 18.7. The summed E-state index contributed by atoms with van der Waals surface area (Å²) < 4.78 is 34.5. The first kappa shape index (κ1) is 22.6. The third-order valence-electron chi connectivity index (χ3n) is 4.91. The zero-order valence-electron chi connectivity index (χ0n) is 17.9. The number of benzene rings is 1. The fraction of sp³-hybridized carbons (Fsp3) is 0.650. The van der Waals surface area contributed by atoms with Crippen molar-refractivity contribution in [3.05, 3.63) is 28.8 Å². The first-order chi connectivity index (χ1) is 12.9. The van der Waals surface area contributed by atoms with Crippen LogP contribution in [0.3, 0.4) is 0 Å². The third-order valence-corrected chi connectivity index (χ3v) is 6.63. The molecule has 1 aliphatic rings. The molecule has 0 aliphatic carbocycles. The van der Waals surface area contributed by atoms with E-state index in [0.717, 1.165) is 16.7 Å². The molecule has 0 saturated carbocycles. The molecule has 8 heteroatoms. The van der Waals surface area contributed by atoms with E-state index in [1.807, 2.05) is 19.1 Å². The Kier molecular flexibility index (Phi) is 7.12. The van der Waals surface area contributed by atoms with Crippen LogP contribution >= 0.6 is 0 Å². The molecule has 0 spiro atoms. The Hall–Kier alpha value is -1.64. The van der Waals surface area contributed by atoms with Crippen LogP contribution in [0.25, 0.3) is 0 Å². The molecule has 1 aromatic rings. The van der Waals surface area contributed by atoms with Crippen molar-refractivity contribution in [2.45, 2.75) is 72.4 Å². The Balaban J connectivity index is 2.30. The van der Waals surface area contributed by atoms with Crippen LogP contribution in [0.15, 0.2) is 12.1 Å². The standard InChI is InChI=1S/C20H33N3O4S/c1-12(2)17-8-14(5)9-18(13(3)4)19(17)21-20(24)22-28(25,26)23-15(6)10-27-11-16(23)7/h8-9,12-13,15-16H,10-11H2,1-7H3,(H2,21,22,24). The molecule has 0 aromatic heterocycles. The first-order valence-corrected chi connectivity index (χ1v) is 11.2. The summed E-state index contributed by atoms with van der Waals surface area (Å²) in [5.74, 6) is 0.368. The third kappa shape index (κ3) is 5.04. The van der Waals surface area contributed by atoms with E-state index in [1.165, 1.54) is 4.31 Å². The number of hydrogen-bond donors (Lipinski definition) is 2. The van der Waals surface area contributed by atoms with Crippen molar-refractivity contribution in [1.82, 2.24) is 9.03 Å². The number of nitrogens with zero attached hydrogens (tertiary/aromatic N) is 1. The predicted molar refractivity (Wildman–Crippen MR) is 112 cm³/mol. The maximum absolute atomic E-state index is 12.8. The van der Waals surface area contributed by atoms with Crippen molar-refractivity contribution in [2.75, 3.05) is 18.5 Å². The molecule has 0 radical (unpaired) electrons. The van der Waals surface area contributed by atoms with Crippen LogP contribution in [0.2, 0.25) is 0 Å². The van der Waals surface area contributed by atoms with Gasteiger partial charge in [-0.1, -0.05) is 45.4 Å². The molecule has 2 unspecified atom stereocenters. The van der Waals surface area contributed by atoms with E-state index in [-0.39, 0.29) is 23.9 Å². The molecule has 0 bridgehead atoms. The number of urea groups is 1. The van der Waals surface area contributed by atoms with Crippen LogP contribution in [0.5, 0.6) is 0 Å². The maximum Gasteiger partial charge on any atom is 0.333 e. The van der Waals surface area contributed by atoms with Gasteiger partial charge in [0.25, 0.3) is 0 Å². The molecule has 1 saturated heterocycles. The van der Waals surface area contributed by atoms with Gasteiger partial charge in [0.15, 0.2) is 0 Å². The number of nitrogens with one attached hydrogen (secondary N) is 2. The normalized spacial score (nSPS) is 21.2. The minimum atomic E-state index is -3.98. The Morgan fingerprint density at radius 1 is 1.07 bits per heavy atom. The van der Waals surface area contributed by atoms with Gasteiger partial charge in [0.1, 0.15) is 0 Å². The molecular formula is C20H33N3O4S. The van der Waals surface area contributed by atoms with Gasteiger partial charge >= 0.3 is 16.2 Å². The van der Waals surface area contributed by atoms with Crippen LogP contribution in [0.4, 0.5) is 10.5 Å². The molecule has 2 rings (SSSR count). The molecule has 1 aromatic carbocycles. The van der Waals surface area contributed by atoms with Crippen LogP contribution in [-0.2, 0) is 14.9 Å². The highest BCUT2D eigenvalue weighted by Crippen LogP contribution is 2.33. The van der Waals surface area contributed by atoms with Crippen molar-refractivity contribution >= 4 is 21.9 Å². The van der Waals surface area contributed by atoms with E-state index >= 15 is 0 Å². The van der Waals surface area contributed by atoms with Gasteiger partial charge in [-0.25, -0.2) is 9.52 Å². The molecule has 28 heavy (non-hydrogen) atoms. The van der Waals surface area contributed by atoms with E-state index in [2.05, 4.69) is 37.7 Å². The highest BCUT2D eigenvalue weighted by atomic mass is 32.2. The molecule has 1 heterocycles. The van der Waals surface area contributed by atoms with E-state index in [9.17, 15) is 13.2 Å². The quantitative estimate of drug-likeness (QED) is 0.773. The van der Waals surface area contributed by atoms with Gasteiger partial charge in [-0.05, 0) is 43.7 Å². The maximum atomic E-state index is 12.8. The number of carbonyl (C=O) groups excluding carboxylic acids is 1. The Morgan fingerprint density at radius 3 is 1.96 bits per heavy atom. The lowest BCUT2D eigenvalue weighted by molar-refractivity contribution is 0.00598. The van der Waals surface area contributed by atoms with Crippen molar-refractivity contribution in [3.63, 3.8) is 0 Å². The van der Waals surface area contributed by atoms with Crippen LogP contribution < -0.4 is 10.0 Å². The summed E-state index contributed by atoms with van der Waals surface area (Å²) in [5.41, 5.74) is 3.78. The van der Waals surface area contributed by atoms with Crippen molar-refractivity contribution in [1.29, 1.82) is 0 Å².